The molecule has 0 aromatic heterocycles. The molecule has 0 saturated heterocycles. The number of benzene rings is 2. The van der Waals surface area contributed by atoms with Crippen LogP contribution in [-0.2, 0) is 4.79 Å². The summed E-state index contributed by atoms with van der Waals surface area (Å²) >= 11 is 0. The highest BCUT2D eigenvalue weighted by Gasteiger charge is 2.08. The second kappa shape index (κ2) is 8.20. The van der Waals surface area contributed by atoms with Crippen molar-refractivity contribution in [1.29, 1.82) is 5.26 Å². The summed E-state index contributed by atoms with van der Waals surface area (Å²) in [6.07, 6.45) is 5.01. The van der Waals surface area contributed by atoms with Crippen LogP contribution in [0.1, 0.15) is 5.56 Å². The van der Waals surface area contributed by atoms with E-state index in [1.165, 1.54) is 6.08 Å². The third-order valence-corrected chi connectivity index (χ3v) is 3.06. The molecule has 0 aliphatic carbocycles. The van der Waals surface area contributed by atoms with Crippen molar-refractivity contribution in [2.45, 2.75) is 0 Å². The van der Waals surface area contributed by atoms with E-state index in [0.717, 1.165) is 5.56 Å². The van der Waals surface area contributed by atoms with Crippen LogP contribution in [0, 0.1) is 11.3 Å². The molecule has 23 heavy (non-hydrogen) atoms. The first-order valence-electron chi connectivity index (χ1n) is 7.02. The standard InChI is InChI=1S/C19H16N2O2/c1-23-18-12-10-17(11-13-18)21-19(22)16(14-20)9-5-8-15-6-3-2-4-7-15/h2-13H,1H3,(H,21,22). The van der Waals surface area contributed by atoms with Crippen LogP contribution in [0.15, 0.2) is 72.3 Å². The fourth-order valence-electron chi connectivity index (χ4n) is 1.86. The van der Waals surface area contributed by atoms with Gasteiger partial charge in [0, 0.05) is 5.69 Å². The van der Waals surface area contributed by atoms with Crippen LogP contribution < -0.4 is 10.1 Å². The first-order valence-corrected chi connectivity index (χ1v) is 7.02. The van der Waals surface area contributed by atoms with Gasteiger partial charge in [0.15, 0.2) is 0 Å². The average Bonchev–Trinajstić information content (AvgIpc) is 2.60. The van der Waals surface area contributed by atoms with E-state index < -0.39 is 5.91 Å². The van der Waals surface area contributed by atoms with Gasteiger partial charge in [-0.2, -0.15) is 5.26 Å². The first kappa shape index (κ1) is 16.1. The van der Waals surface area contributed by atoms with Gasteiger partial charge in [0.25, 0.3) is 5.91 Å². The number of hydrogen-bond donors (Lipinski definition) is 1. The highest BCUT2D eigenvalue weighted by molar-refractivity contribution is 6.06. The maximum Gasteiger partial charge on any atom is 0.266 e. The van der Waals surface area contributed by atoms with Crippen molar-refractivity contribution in [3.63, 3.8) is 0 Å². The smallest absolute Gasteiger partial charge is 0.266 e. The lowest BCUT2D eigenvalue weighted by atomic mass is 10.2. The Kier molecular flexibility index (Phi) is 5.73. The van der Waals surface area contributed by atoms with Crippen LogP contribution in [0.25, 0.3) is 6.08 Å². The maximum atomic E-state index is 12.1. The lowest BCUT2D eigenvalue weighted by Crippen LogP contribution is -2.13. The molecule has 114 valence electrons. The normalized spacial score (nSPS) is 11.0. The molecule has 4 nitrogen and oxygen atoms in total. The first-order chi connectivity index (χ1) is 11.2. The van der Waals surface area contributed by atoms with E-state index in [9.17, 15) is 4.79 Å². The minimum absolute atomic E-state index is 0.0352. The number of hydrogen-bond acceptors (Lipinski definition) is 3. The van der Waals surface area contributed by atoms with Crippen molar-refractivity contribution in [2.75, 3.05) is 12.4 Å². The van der Waals surface area contributed by atoms with E-state index in [4.69, 9.17) is 10.00 Å². The van der Waals surface area contributed by atoms with Gasteiger partial charge in [-0.15, -0.1) is 0 Å². The molecule has 4 heteroatoms. The Hall–Kier alpha value is -3.32. The van der Waals surface area contributed by atoms with E-state index in [1.807, 2.05) is 42.5 Å². The van der Waals surface area contributed by atoms with E-state index >= 15 is 0 Å². The number of ether oxygens (including phenoxy) is 1. The Morgan fingerprint density at radius 3 is 2.43 bits per heavy atom. The lowest BCUT2D eigenvalue weighted by Gasteiger charge is -2.05. The van der Waals surface area contributed by atoms with Crippen LogP contribution >= 0.6 is 0 Å². The molecular formula is C19H16N2O2. The SMILES string of the molecule is COc1ccc(NC(=O)C(C#N)=CC=Cc2ccccc2)cc1. The second-order valence-corrected chi connectivity index (χ2v) is 4.64. The molecule has 0 aliphatic rings. The van der Waals surface area contributed by atoms with Crippen LogP contribution in [0.4, 0.5) is 5.69 Å². The zero-order valence-electron chi connectivity index (χ0n) is 12.7. The van der Waals surface area contributed by atoms with Crippen molar-refractivity contribution in [3.8, 4) is 11.8 Å². The van der Waals surface area contributed by atoms with Gasteiger partial charge >= 0.3 is 0 Å². The molecule has 0 bridgehead atoms. The van der Waals surface area contributed by atoms with E-state index in [0.29, 0.717) is 11.4 Å². The van der Waals surface area contributed by atoms with Gasteiger partial charge in [-0.3, -0.25) is 4.79 Å². The number of methoxy groups -OCH3 is 1. The van der Waals surface area contributed by atoms with E-state index in [1.54, 1.807) is 37.5 Å². The molecular weight excluding hydrogens is 288 g/mol. The molecule has 2 aromatic rings. The third-order valence-electron chi connectivity index (χ3n) is 3.06. The van der Waals surface area contributed by atoms with Gasteiger partial charge in [-0.25, -0.2) is 0 Å². The largest absolute Gasteiger partial charge is 0.497 e. The molecule has 2 aromatic carbocycles. The molecule has 0 fully saturated rings. The summed E-state index contributed by atoms with van der Waals surface area (Å²) in [6, 6.07) is 18.5. The van der Waals surface area contributed by atoms with Gasteiger partial charge in [-0.05, 0) is 35.9 Å². The van der Waals surface area contributed by atoms with Crippen molar-refractivity contribution in [3.05, 3.63) is 77.9 Å². The number of carbonyl (C=O) groups is 1. The van der Waals surface area contributed by atoms with E-state index in [2.05, 4.69) is 5.32 Å². The predicted octanol–water partition coefficient (Wildman–Crippen LogP) is 3.80. The molecule has 1 amide bonds. The molecule has 0 spiro atoms. The fraction of sp³-hybridized carbons (Fsp3) is 0.0526. The summed E-state index contributed by atoms with van der Waals surface area (Å²) in [5, 5.41) is 11.8. The molecule has 0 unspecified atom stereocenters. The topological polar surface area (TPSA) is 62.1 Å². The molecule has 0 atom stereocenters. The maximum absolute atomic E-state index is 12.1. The molecule has 1 N–H and O–H groups in total. The second-order valence-electron chi connectivity index (χ2n) is 4.64. The number of carbonyl (C=O) groups excluding carboxylic acids is 1. The van der Waals surface area contributed by atoms with Crippen molar-refractivity contribution in [2.24, 2.45) is 0 Å². The summed E-state index contributed by atoms with van der Waals surface area (Å²) in [5.41, 5.74) is 1.63. The van der Waals surface area contributed by atoms with Gasteiger partial charge in [0.05, 0.1) is 7.11 Å². The van der Waals surface area contributed by atoms with Crippen LogP contribution in [0.3, 0.4) is 0 Å². The Morgan fingerprint density at radius 1 is 1.13 bits per heavy atom. The molecule has 0 radical (unpaired) electrons. The number of rotatable bonds is 5. The summed E-state index contributed by atoms with van der Waals surface area (Å²) < 4.78 is 5.05. The number of nitrogens with zero attached hydrogens (tertiary/aromatic N) is 1. The molecule has 0 heterocycles. The zero-order valence-corrected chi connectivity index (χ0v) is 12.7. The summed E-state index contributed by atoms with van der Waals surface area (Å²) in [6.45, 7) is 0. The van der Waals surface area contributed by atoms with Crippen LogP contribution in [0.5, 0.6) is 5.75 Å². The van der Waals surface area contributed by atoms with Crippen molar-refractivity contribution in [1.82, 2.24) is 0 Å². The number of amides is 1. The fourth-order valence-corrected chi connectivity index (χ4v) is 1.86. The Morgan fingerprint density at radius 2 is 1.83 bits per heavy atom. The van der Waals surface area contributed by atoms with Crippen molar-refractivity contribution >= 4 is 17.7 Å². The minimum atomic E-state index is -0.449. The quantitative estimate of drug-likeness (QED) is 0.519. The van der Waals surface area contributed by atoms with Gasteiger partial charge in [0.2, 0.25) is 0 Å². The summed E-state index contributed by atoms with van der Waals surface area (Å²) in [7, 11) is 1.57. The minimum Gasteiger partial charge on any atom is -0.497 e. The molecule has 2 rings (SSSR count). The Balaban J connectivity index is 2.04. The predicted molar refractivity (Wildman–Crippen MR) is 90.8 cm³/mol. The van der Waals surface area contributed by atoms with Gasteiger partial charge in [0.1, 0.15) is 17.4 Å². The molecule has 0 saturated carbocycles. The Labute approximate surface area is 135 Å². The number of nitriles is 1. The van der Waals surface area contributed by atoms with E-state index in [-0.39, 0.29) is 5.57 Å². The highest BCUT2D eigenvalue weighted by Crippen LogP contribution is 2.15. The number of anilines is 1. The average molecular weight is 304 g/mol. The monoisotopic (exact) mass is 304 g/mol. The van der Waals surface area contributed by atoms with Crippen LogP contribution in [-0.4, -0.2) is 13.0 Å². The highest BCUT2D eigenvalue weighted by atomic mass is 16.5. The van der Waals surface area contributed by atoms with Crippen LogP contribution in [0.2, 0.25) is 0 Å². The Bertz CT molecular complexity index is 754. The summed E-state index contributed by atoms with van der Waals surface area (Å²) in [5.74, 6) is 0.250. The summed E-state index contributed by atoms with van der Waals surface area (Å²) in [4.78, 5) is 12.1. The lowest BCUT2D eigenvalue weighted by molar-refractivity contribution is -0.112. The van der Waals surface area contributed by atoms with Crippen molar-refractivity contribution < 1.29 is 9.53 Å². The third kappa shape index (κ3) is 4.87. The zero-order chi connectivity index (χ0) is 16.5. The number of allylic oxidation sites excluding steroid dienone is 2. The molecule has 0 aliphatic heterocycles. The van der Waals surface area contributed by atoms with Gasteiger partial charge in [-0.1, -0.05) is 42.5 Å². The number of nitrogens with one attached hydrogen (secondary N) is 1. The van der Waals surface area contributed by atoms with Gasteiger partial charge < -0.3 is 10.1 Å².